The summed E-state index contributed by atoms with van der Waals surface area (Å²) in [5, 5.41) is 5.80. The van der Waals surface area contributed by atoms with Crippen molar-refractivity contribution >= 4 is 60.4 Å². The fourth-order valence-corrected chi connectivity index (χ4v) is 6.67. The van der Waals surface area contributed by atoms with Gasteiger partial charge in [-0.2, -0.15) is 9.97 Å². The molecule has 1 aliphatic heterocycles. The predicted octanol–water partition coefficient (Wildman–Crippen LogP) is 7.08. The SMILES string of the molecule is CC.CC/C=C\C(Cl)=C(/CC)COC(=O)C(C)NP(COc1ccc(Cl)cc1)OCC1CC(C)C(n2cnc3c(N(C)N)nc(N)nc32)O1. The molecule has 1 saturated heterocycles. The number of halogens is 2. The number of fused-ring (bicyclic) bond motifs is 1. The molecule has 2 aromatic heterocycles. The van der Waals surface area contributed by atoms with Crippen LogP contribution < -0.4 is 26.4 Å². The van der Waals surface area contributed by atoms with E-state index in [-0.39, 0.29) is 43.8 Å². The number of carbonyl (C=O) groups is 1. The minimum Gasteiger partial charge on any atom is -0.485 e. The van der Waals surface area contributed by atoms with Crippen molar-refractivity contribution in [1.29, 1.82) is 0 Å². The summed E-state index contributed by atoms with van der Waals surface area (Å²) in [5.74, 6) is 6.75. The number of nitrogens with two attached hydrogens (primary N) is 2. The number of anilines is 2. The maximum absolute atomic E-state index is 13.0. The summed E-state index contributed by atoms with van der Waals surface area (Å²) in [5.41, 5.74) is 7.86. The molecule has 270 valence electrons. The number of carbonyl (C=O) groups excluding carboxylic acids is 1. The van der Waals surface area contributed by atoms with E-state index in [1.807, 2.05) is 44.4 Å². The smallest absolute Gasteiger partial charge is 0.323 e. The molecule has 16 heteroatoms. The van der Waals surface area contributed by atoms with E-state index in [9.17, 15) is 4.79 Å². The summed E-state index contributed by atoms with van der Waals surface area (Å²) in [7, 11) is 0.201. The van der Waals surface area contributed by atoms with Gasteiger partial charge in [-0.1, -0.05) is 63.9 Å². The second-order valence-corrected chi connectivity index (χ2v) is 13.6. The maximum Gasteiger partial charge on any atom is 0.323 e. The Morgan fingerprint density at radius 1 is 1.27 bits per heavy atom. The molecule has 0 amide bonds. The number of allylic oxidation sites excluding steroid dienone is 3. The van der Waals surface area contributed by atoms with Crippen LogP contribution in [0, 0.1) is 5.92 Å². The highest BCUT2D eigenvalue weighted by Crippen LogP contribution is 2.40. The molecular formula is C33H49Cl2N8O5P. The zero-order chi connectivity index (χ0) is 36.1. The Morgan fingerprint density at radius 2 is 1.98 bits per heavy atom. The monoisotopic (exact) mass is 738 g/mol. The highest BCUT2D eigenvalue weighted by Gasteiger charge is 2.36. The predicted molar refractivity (Wildman–Crippen MR) is 197 cm³/mol. The lowest BCUT2D eigenvalue weighted by atomic mass is 10.1. The van der Waals surface area contributed by atoms with Gasteiger partial charge < -0.3 is 24.5 Å². The number of nitrogens with zero attached hydrogens (tertiary/aromatic N) is 5. The lowest BCUT2D eigenvalue weighted by Crippen LogP contribution is -2.34. The number of esters is 1. The Balaban J connectivity index is 0.00000319. The van der Waals surface area contributed by atoms with Gasteiger partial charge in [-0.05, 0) is 62.1 Å². The third-order valence-corrected chi connectivity index (χ3v) is 9.55. The first-order valence-electron chi connectivity index (χ1n) is 16.4. The normalized spacial score (nSPS) is 19.3. The van der Waals surface area contributed by atoms with Crippen LogP contribution in [0.5, 0.6) is 5.75 Å². The van der Waals surface area contributed by atoms with Crippen LogP contribution in [0.3, 0.4) is 0 Å². The quantitative estimate of drug-likeness (QED) is 0.0450. The van der Waals surface area contributed by atoms with Crippen LogP contribution in [0.15, 0.2) is 53.4 Å². The van der Waals surface area contributed by atoms with Crippen LogP contribution in [0.2, 0.25) is 5.02 Å². The van der Waals surface area contributed by atoms with Gasteiger partial charge in [-0.3, -0.25) is 19.5 Å². The second kappa shape index (κ2) is 20.0. The van der Waals surface area contributed by atoms with Crippen LogP contribution in [-0.2, 0) is 18.8 Å². The fourth-order valence-electron chi connectivity index (χ4n) is 4.90. The summed E-state index contributed by atoms with van der Waals surface area (Å²) in [6.07, 6.45) is 7.25. The summed E-state index contributed by atoms with van der Waals surface area (Å²) in [6.45, 7) is 12.2. The van der Waals surface area contributed by atoms with Crippen LogP contribution in [0.4, 0.5) is 11.8 Å². The number of hydrogen-bond acceptors (Lipinski definition) is 12. The number of ether oxygens (including phenoxy) is 3. The topological polar surface area (TPSA) is 165 Å². The van der Waals surface area contributed by atoms with E-state index in [1.165, 1.54) is 5.01 Å². The molecule has 0 aliphatic carbocycles. The van der Waals surface area contributed by atoms with Gasteiger partial charge in [0.2, 0.25) is 5.95 Å². The molecule has 1 fully saturated rings. The summed E-state index contributed by atoms with van der Waals surface area (Å²) in [6, 6.07) is 6.36. The largest absolute Gasteiger partial charge is 0.485 e. The summed E-state index contributed by atoms with van der Waals surface area (Å²) < 4.78 is 26.2. The molecular weight excluding hydrogens is 690 g/mol. The molecule has 0 radical (unpaired) electrons. The number of aromatic nitrogens is 4. The second-order valence-electron chi connectivity index (χ2n) is 11.2. The molecule has 4 rings (SSSR count). The highest BCUT2D eigenvalue weighted by molar-refractivity contribution is 7.50. The first kappa shape index (κ1) is 40.4. The number of hydrogen-bond donors (Lipinski definition) is 3. The molecule has 5 unspecified atom stereocenters. The number of rotatable bonds is 16. The number of hydrazine groups is 1. The van der Waals surface area contributed by atoms with Gasteiger partial charge in [-0.25, -0.2) is 10.8 Å². The third-order valence-electron chi connectivity index (χ3n) is 7.40. The Bertz CT molecular complexity index is 1560. The van der Waals surface area contributed by atoms with E-state index in [2.05, 4.69) is 27.0 Å². The number of benzene rings is 1. The Kier molecular flexibility index (Phi) is 16.5. The summed E-state index contributed by atoms with van der Waals surface area (Å²) >= 11 is 12.4. The van der Waals surface area contributed by atoms with E-state index >= 15 is 0 Å². The highest BCUT2D eigenvalue weighted by atomic mass is 35.5. The molecule has 13 nitrogen and oxygen atoms in total. The van der Waals surface area contributed by atoms with Gasteiger partial charge in [-0.15, -0.1) is 0 Å². The van der Waals surface area contributed by atoms with Crippen LogP contribution in [0.25, 0.3) is 11.2 Å². The van der Waals surface area contributed by atoms with Crippen LogP contribution >= 0.6 is 31.5 Å². The van der Waals surface area contributed by atoms with Crippen LogP contribution in [0.1, 0.15) is 67.0 Å². The minimum absolute atomic E-state index is 0.0838. The lowest BCUT2D eigenvalue weighted by Gasteiger charge is -2.24. The average Bonchev–Trinajstić information content (AvgIpc) is 3.68. The van der Waals surface area contributed by atoms with Crippen molar-refractivity contribution in [1.82, 2.24) is 24.6 Å². The van der Waals surface area contributed by atoms with Gasteiger partial charge in [0.05, 0.1) is 19.0 Å². The number of imidazole rings is 1. The van der Waals surface area contributed by atoms with Crippen molar-refractivity contribution in [3.05, 3.63) is 58.4 Å². The molecule has 0 saturated carbocycles. The first-order chi connectivity index (χ1) is 23.5. The molecule has 49 heavy (non-hydrogen) atoms. The molecule has 5 N–H and O–H groups in total. The van der Waals surface area contributed by atoms with Crippen molar-refractivity contribution in [2.45, 2.75) is 79.2 Å². The van der Waals surface area contributed by atoms with Gasteiger partial charge >= 0.3 is 5.97 Å². The van der Waals surface area contributed by atoms with Crippen molar-refractivity contribution in [3.8, 4) is 5.75 Å². The van der Waals surface area contributed by atoms with E-state index in [1.54, 1.807) is 44.6 Å². The number of nitrogen functional groups attached to an aromatic ring is 1. The molecule has 0 bridgehead atoms. The maximum atomic E-state index is 13.0. The van der Waals surface area contributed by atoms with Gasteiger partial charge in [0.15, 0.2) is 17.0 Å². The summed E-state index contributed by atoms with van der Waals surface area (Å²) in [4.78, 5) is 26.1. The zero-order valence-corrected chi connectivity index (χ0v) is 31.6. The standard InChI is InChI=1S/C31H43Cl2N8O5P.C2H6/c1-6-8-9-25(33)21(7-2)15-43-30(42)20(4)39-47(18-44-23-12-10-22(32)11-13-23)45-16-24-14-19(3)29(46-24)41-17-36-26-27(40(5)35)37-31(34)38-28(26)41;1-2/h8-13,17,19-20,24,29,39H,6-7,14-16,18,35H2,1-5H3,(H2,34,37,38);1-2H3/b9-8-,25-21-;. The molecule has 3 heterocycles. The van der Waals surface area contributed by atoms with Crippen molar-refractivity contribution in [2.24, 2.45) is 11.8 Å². The van der Waals surface area contributed by atoms with Crippen LogP contribution in [-0.4, -0.2) is 64.2 Å². The van der Waals surface area contributed by atoms with Gasteiger partial charge in [0.1, 0.15) is 39.3 Å². The molecule has 0 spiro atoms. The molecule has 5 atom stereocenters. The van der Waals surface area contributed by atoms with Gasteiger partial charge in [0, 0.05) is 23.0 Å². The Morgan fingerprint density at radius 3 is 2.63 bits per heavy atom. The lowest BCUT2D eigenvalue weighted by molar-refractivity contribution is -0.144. The van der Waals surface area contributed by atoms with E-state index in [4.69, 9.17) is 53.5 Å². The van der Waals surface area contributed by atoms with Crippen molar-refractivity contribution in [3.63, 3.8) is 0 Å². The molecule has 3 aromatic rings. The third kappa shape index (κ3) is 11.5. The van der Waals surface area contributed by atoms with E-state index in [0.29, 0.717) is 45.6 Å². The molecule has 1 aromatic carbocycles. The fraction of sp³-hybridized carbons (Fsp3) is 0.515. The van der Waals surface area contributed by atoms with Crippen molar-refractivity contribution < 1.29 is 23.5 Å². The van der Waals surface area contributed by atoms with E-state index in [0.717, 1.165) is 12.0 Å². The average molecular weight is 740 g/mol. The van der Waals surface area contributed by atoms with Crippen molar-refractivity contribution in [2.75, 3.05) is 37.4 Å². The van der Waals surface area contributed by atoms with Gasteiger partial charge in [0.25, 0.3) is 0 Å². The first-order valence-corrected chi connectivity index (χ1v) is 18.6. The van der Waals surface area contributed by atoms with E-state index < -0.39 is 20.3 Å². The molecule has 1 aliphatic rings. The minimum atomic E-state index is -1.46. The Hall–Kier alpha value is -3.03. The zero-order valence-electron chi connectivity index (χ0n) is 29.2. The number of nitrogens with one attached hydrogen (secondary N) is 1. The Labute approximate surface area is 300 Å².